The van der Waals surface area contributed by atoms with Gasteiger partial charge in [0.1, 0.15) is 0 Å². The van der Waals surface area contributed by atoms with Crippen LogP contribution in [0.4, 0.5) is 4.79 Å². The number of nitrogens with zero attached hydrogens (tertiary/aromatic N) is 1. The summed E-state index contributed by atoms with van der Waals surface area (Å²) in [6.45, 7) is 1.85. The van der Waals surface area contributed by atoms with Crippen LogP contribution in [0, 0.1) is 0 Å². The Kier molecular flexibility index (Phi) is 1.92. The smallest absolute Gasteiger partial charge is 0.404 e. The summed E-state index contributed by atoms with van der Waals surface area (Å²) in [5.74, 6) is 0. The van der Waals surface area contributed by atoms with E-state index in [9.17, 15) is 4.79 Å². The van der Waals surface area contributed by atoms with Crippen molar-refractivity contribution < 1.29 is 9.90 Å². The molecule has 0 aromatic rings. The molecule has 0 saturated carbocycles. The van der Waals surface area contributed by atoms with Gasteiger partial charge in [-0.2, -0.15) is 0 Å². The van der Waals surface area contributed by atoms with Gasteiger partial charge >= 0.3 is 6.09 Å². The summed E-state index contributed by atoms with van der Waals surface area (Å²) < 4.78 is 0. The fourth-order valence-corrected chi connectivity index (χ4v) is 2.11. The molecule has 2 aliphatic heterocycles. The maximum absolute atomic E-state index is 10.1. The van der Waals surface area contributed by atoms with Gasteiger partial charge in [0.2, 0.25) is 0 Å². The number of nitrogens with one attached hydrogen (secondary N) is 1. The van der Waals surface area contributed by atoms with Gasteiger partial charge in [-0.15, -0.1) is 0 Å². The predicted octanol–water partition coefficient (Wildman–Crippen LogP) is 0.491. The third-order valence-electron chi connectivity index (χ3n) is 2.81. The molecule has 1 amide bonds. The van der Waals surface area contributed by atoms with E-state index >= 15 is 0 Å². The van der Waals surface area contributed by atoms with Gasteiger partial charge in [-0.05, 0) is 19.3 Å². The van der Waals surface area contributed by atoms with E-state index in [-0.39, 0.29) is 0 Å². The second-order valence-corrected chi connectivity index (χ2v) is 3.60. The highest BCUT2D eigenvalue weighted by Crippen LogP contribution is 2.36. The van der Waals surface area contributed by atoms with E-state index < -0.39 is 6.09 Å². The van der Waals surface area contributed by atoms with Gasteiger partial charge < -0.3 is 10.4 Å². The lowest BCUT2D eigenvalue weighted by Gasteiger charge is -2.12. The van der Waals surface area contributed by atoms with Crippen LogP contribution in [0.1, 0.15) is 19.3 Å². The zero-order valence-corrected chi connectivity index (χ0v) is 6.99. The molecule has 2 aliphatic rings. The number of carbonyl (C=O) groups is 1. The van der Waals surface area contributed by atoms with E-state index in [1.807, 2.05) is 0 Å². The topological polar surface area (TPSA) is 52.3 Å². The van der Waals surface area contributed by atoms with Crippen molar-refractivity contribution in [2.75, 3.05) is 13.1 Å². The Morgan fingerprint density at radius 1 is 1.58 bits per heavy atom. The zero-order valence-electron chi connectivity index (χ0n) is 6.99. The van der Waals surface area contributed by atoms with E-state index in [1.165, 1.54) is 19.4 Å². The van der Waals surface area contributed by atoms with Crippen molar-refractivity contribution in [3.8, 4) is 0 Å². The molecule has 4 heteroatoms. The van der Waals surface area contributed by atoms with Crippen LogP contribution in [0.25, 0.3) is 0 Å². The summed E-state index contributed by atoms with van der Waals surface area (Å²) in [5.41, 5.74) is 0. The predicted molar refractivity (Wildman–Crippen MR) is 44.2 cm³/mol. The van der Waals surface area contributed by atoms with Crippen molar-refractivity contribution in [1.29, 1.82) is 0 Å². The molecule has 2 rings (SSSR count). The maximum atomic E-state index is 10.1. The number of hydrogen-bond acceptors (Lipinski definition) is 2. The average Bonchev–Trinajstić information content (AvgIpc) is 2.68. The van der Waals surface area contributed by atoms with Crippen molar-refractivity contribution in [3.05, 3.63) is 0 Å². The molecule has 2 heterocycles. The summed E-state index contributed by atoms with van der Waals surface area (Å²) in [6.07, 6.45) is 2.64. The fraction of sp³-hybridized carbons (Fsp3) is 0.875. The molecule has 2 saturated heterocycles. The molecule has 0 aliphatic carbocycles. The van der Waals surface area contributed by atoms with Gasteiger partial charge in [-0.3, -0.25) is 4.90 Å². The average molecular weight is 170 g/mol. The van der Waals surface area contributed by atoms with E-state index in [0.717, 1.165) is 12.5 Å². The van der Waals surface area contributed by atoms with Gasteiger partial charge in [-0.25, -0.2) is 4.79 Å². The van der Waals surface area contributed by atoms with Crippen LogP contribution in [0.5, 0.6) is 0 Å². The van der Waals surface area contributed by atoms with Gasteiger partial charge in [0, 0.05) is 25.2 Å². The van der Waals surface area contributed by atoms with Crippen LogP contribution in [-0.4, -0.2) is 41.3 Å². The number of rotatable bonds is 3. The molecule has 3 atom stereocenters. The molecule has 0 bridgehead atoms. The number of carboxylic acid groups (broad SMARTS) is 1. The van der Waals surface area contributed by atoms with Crippen molar-refractivity contribution >= 4 is 6.09 Å². The SMILES string of the molecule is O=C(O)NCCC1CCC2CN12. The fourth-order valence-electron chi connectivity index (χ4n) is 2.11. The molecule has 4 nitrogen and oxygen atoms in total. The van der Waals surface area contributed by atoms with Gasteiger partial charge in [0.25, 0.3) is 0 Å². The molecule has 0 aromatic carbocycles. The number of hydrogen-bond donors (Lipinski definition) is 2. The quantitative estimate of drug-likeness (QED) is 0.606. The molecule has 12 heavy (non-hydrogen) atoms. The van der Waals surface area contributed by atoms with Crippen LogP contribution in [0.2, 0.25) is 0 Å². The Morgan fingerprint density at radius 2 is 2.42 bits per heavy atom. The first-order chi connectivity index (χ1) is 5.77. The minimum Gasteiger partial charge on any atom is -0.465 e. The highest BCUT2D eigenvalue weighted by atomic mass is 16.4. The Labute approximate surface area is 71.5 Å². The molecule has 0 aromatic heterocycles. The van der Waals surface area contributed by atoms with Crippen LogP contribution in [0.3, 0.4) is 0 Å². The number of fused-ring (bicyclic) bond motifs is 1. The molecular formula is C8H14N2O2. The molecule has 0 spiro atoms. The highest BCUT2D eigenvalue weighted by molar-refractivity contribution is 5.64. The van der Waals surface area contributed by atoms with E-state index in [2.05, 4.69) is 10.2 Å². The first-order valence-electron chi connectivity index (χ1n) is 4.50. The van der Waals surface area contributed by atoms with Crippen molar-refractivity contribution in [3.63, 3.8) is 0 Å². The van der Waals surface area contributed by atoms with E-state index in [4.69, 9.17) is 5.11 Å². The lowest BCUT2D eigenvalue weighted by atomic mass is 10.1. The summed E-state index contributed by atoms with van der Waals surface area (Å²) in [7, 11) is 0. The van der Waals surface area contributed by atoms with Crippen LogP contribution >= 0.6 is 0 Å². The normalized spacial score (nSPS) is 37.5. The van der Waals surface area contributed by atoms with Gasteiger partial charge in [-0.1, -0.05) is 0 Å². The Bertz CT molecular complexity index is 195. The summed E-state index contributed by atoms with van der Waals surface area (Å²) >= 11 is 0. The van der Waals surface area contributed by atoms with Crippen molar-refractivity contribution in [2.24, 2.45) is 0 Å². The maximum Gasteiger partial charge on any atom is 0.404 e. The van der Waals surface area contributed by atoms with Crippen LogP contribution in [0.15, 0.2) is 0 Å². The second-order valence-electron chi connectivity index (χ2n) is 3.60. The lowest BCUT2D eigenvalue weighted by Crippen LogP contribution is -2.27. The minimum atomic E-state index is -0.907. The van der Waals surface area contributed by atoms with E-state index in [1.54, 1.807) is 0 Å². The molecule has 3 unspecified atom stereocenters. The summed E-state index contributed by atoms with van der Waals surface area (Å²) in [5, 5.41) is 10.7. The zero-order chi connectivity index (χ0) is 8.55. The Morgan fingerprint density at radius 3 is 2.92 bits per heavy atom. The Hall–Kier alpha value is -0.770. The van der Waals surface area contributed by atoms with Crippen LogP contribution < -0.4 is 5.32 Å². The lowest BCUT2D eigenvalue weighted by molar-refractivity contribution is 0.193. The van der Waals surface area contributed by atoms with Crippen molar-refractivity contribution in [1.82, 2.24) is 10.2 Å². The molecular weight excluding hydrogens is 156 g/mol. The standard InChI is InChI=1S/C8H14N2O2/c11-8(12)9-4-3-6-1-2-7-5-10(6)7/h6-7,9H,1-5H2,(H,11,12). The largest absolute Gasteiger partial charge is 0.465 e. The molecule has 2 N–H and O–H groups in total. The minimum absolute atomic E-state index is 0.600. The van der Waals surface area contributed by atoms with Crippen LogP contribution in [-0.2, 0) is 0 Å². The second kappa shape index (κ2) is 2.94. The monoisotopic (exact) mass is 170 g/mol. The Balaban J connectivity index is 1.63. The van der Waals surface area contributed by atoms with Gasteiger partial charge in [0.05, 0.1) is 0 Å². The first-order valence-corrected chi connectivity index (χ1v) is 4.50. The molecule has 68 valence electrons. The summed E-state index contributed by atoms with van der Waals surface area (Å²) in [4.78, 5) is 12.6. The number of piperidine rings is 1. The van der Waals surface area contributed by atoms with E-state index in [0.29, 0.717) is 12.6 Å². The molecule has 2 fully saturated rings. The highest BCUT2D eigenvalue weighted by Gasteiger charge is 2.44. The van der Waals surface area contributed by atoms with Gasteiger partial charge in [0.15, 0.2) is 0 Å². The summed E-state index contributed by atoms with van der Waals surface area (Å²) in [6, 6.07) is 1.50. The first kappa shape index (κ1) is 7.86. The van der Waals surface area contributed by atoms with Crippen molar-refractivity contribution in [2.45, 2.75) is 31.3 Å². The third kappa shape index (κ3) is 1.53. The number of amides is 1. The third-order valence-corrected chi connectivity index (χ3v) is 2.81. The molecule has 0 radical (unpaired) electrons.